The van der Waals surface area contributed by atoms with Crippen molar-refractivity contribution < 1.29 is 0 Å². The Hall–Kier alpha value is -0.740. The summed E-state index contributed by atoms with van der Waals surface area (Å²) >= 11 is 18.3. The van der Waals surface area contributed by atoms with Crippen molar-refractivity contribution in [2.24, 2.45) is 5.73 Å². The number of rotatable bonds is 4. The first-order valence-corrected chi connectivity index (χ1v) is 7.46. The van der Waals surface area contributed by atoms with Crippen molar-refractivity contribution in [3.05, 3.63) is 50.7 Å². The topological polar surface area (TPSA) is 43.8 Å². The average molecular weight is 333 g/mol. The van der Waals surface area contributed by atoms with E-state index in [4.69, 9.17) is 40.5 Å². The van der Waals surface area contributed by atoms with E-state index < -0.39 is 0 Å². The van der Waals surface area contributed by atoms with Crippen LogP contribution in [0.15, 0.2) is 24.4 Å². The molecule has 3 nitrogen and oxygen atoms in total. The predicted octanol–water partition coefficient (Wildman–Crippen LogP) is 4.67. The monoisotopic (exact) mass is 331 g/mol. The van der Waals surface area contributed by atoms with Gasteiger partial charge in [0.25, 0.3) is 0 Å². The Bertz CT molecular complexity index is 608. The van der Waals surface area contributed by atoms with E-state index in [1.165, 1.54) is 0 Å². The van der Waals surface area contributed by atoms with E-state index in [0.29, 0.717) is 21.5 Å². The Kier molecular flexibility index (Phi) is 4.97. The molecule has 0 saturated carbocycles. The zero-order chi connectivity index (χ0) is 14.9. The van der Waals surface area contributed by atoms with Gasteiger partial charge in [-0.2, -0.15) is 5.10 Å². The molecule has 0 fully saturated rings. The number of halogens is 3. The number of benzene rings is 1. The zero-order valence-corrected chi connectivity index (χ0v) is 13.5. The van der Waals surface area contributed by atoms with Gasteiger partial charge in [0, 0.05) is 16.1 Å². The second-order valence-electron chi connectivity index (χ2n) is 4.96. The van der Waals surface area contributed by atoms with Crippen molar-refractivity contribution in [3.63, 3.8) is 0 Å². The van der Waals surface area contributed by atoms with Gasteiger partial charge < -0.3 is 5.73 Å². The summed E-state index contributed by atoms with van der Waals surface area (Å²) in [6.45, 7) is 4.07. The van der Waals surface area contributed by atoms with E-state index in [1.807, 2.05) is 24.6 Å². The highest BCUT2D eigenvalue weighted by atomic mass is 35.5. The Labute approximate surface area is 133 Å². The third kappa shape index (κ3) is 3.29. The fourth-order valence-corrected chi connectivity index (χ4v) is 2.89. The highest BCUT2D eigenvalue weighted by Gasteiger charge is 2.19. The summed E-state index contributed by atoms with van der Waals surface area (Å²) in [5.41, 5.74) is 8.05. The molecule has 1 aromatic carbocycles. The molecular weight excluding hydrogens is 317 g/mol. The maximum Gasteiger partial charge on any atom is 0.0834 e. The summed E-state index contributed by atoms with van der Waals surface area (Å²) in [6, 6.07) is 5.33. The molecule has 0 saturated heterocycles. The standard InChI is InChI=1S/C14H16Cl3N3/c1-8(2)20-14(12(17)7-19-20)13(18)5-9-3-4-10(15)6-11(9)16/h3-4,6-8,13H,5,18H2,1-2H3. The molecule has 20 heavy (non-hydrogen) atoms. The quantitative estimate of drug-likeness (QED) is 0.884. The Morgan fingerprint density at radius 1 is 1.20 bits per heavy atom. The lowest BCUT2D eigenvalue weighted by molar-refractivity contribution is 0.485. The smallest absolute Gasteiger partial charge is 0.0834 e. The Morgan fingerprint density at radius 2 is 1.90 bits per heavy atom. The summed E-state index contributed by atoms with van der Waals surface area (Å²) < 4.78 is 1.84. The van der Waals surface area contributed by atoms with Gasteiger partial charge >= 0.3 is 0 Å². The molecule has 6 heteroatoms. The van der Waals surface area contributed by atoms with Gasteiger partial charge in [0.15, 0.2) is 0 Å². The van der Waals surface area contributed by atoms with Crippen LogP contribution >= 0.6 is 34.8 Å². The predicted molar refractivity (Wildman–Crippen MR) is 84.7 cm³/mol. The summed E-state index contributed by atoms with van der Waals surface area (Å²) in [4.78, 5) is 0. The van der Waals surface area contributed by atoms with E-state index in [2.05, 4.69) is 5.10 Å². The van der Waals surface area contributed by atoms with Crippen LogP contribution in [0.5, 0.6) is 0 Å². The third-order valence-electron chi connectivity index (χ3n) is 3.08. The summed E-state index contributed by atoms with van der Waals surface area (Å²) in [7, 11) is 0. The van der Waals surface area contributed by atoms with E-state index in [-0.39, 0.29) is 12.1 Å². The molecule has 0 aliphatic rings. The van der Waals surface area contributed by atoms with Crippen LogP contribution in [0.2, 0.25) is 15.1 Å². The van der Waals surface area contributed by atoms with Gasteiger partial charge in [-0.1, -0.05) is 40.9 Å². The number of nitrogens with zero attached hydrogens (tertiary/aromatic N) is 2. The molecular formula is C14H16Cl3N3. The van der Waals surface area contributed by atoms with Crippen LogP contribution in [0.4, 0.5) is 0 Å². The second kappa shape index (κ2) is 6.35. The number of aromatic nitrogens is 2. The lowest BCUT2D eigenvalue weighted by Crippen LogP contribution is -2.20. The van der Waals surface area contributed by atoms with Crippen molar-refractivity contribution in [2.45, 2.75) is 32.4 Å². The molecule has 1 unspecified atom stereocenters. The van der Waals surface area contributed by atoms with Crippen molar-refractivity contribution in [3.8, 4) is 0 Å². The Morgan fingerprint density at radius 3 is 2.50 bits per heavy atom. The van der Waals surface area contributed by atoms with Gasteiger partial charge in [0.1, 0.15) is 0 Å². The van der Waals surface area contributed by atoms with E-state index in [0.717, 1.165) is 11.3 Å². The van der Waals surface area contributed by atoms with Crippen LogP contribution in [-0.2, 0) is 6.42 Å². The maximum absolute atomic E-state index is 6.28. The van der Waals surface area contributed by atoms with Crippen LogP contribution in [0.1, 0.15) is 37.2 Å². The van der Waals surface area contributed by atoms with Crippen LogP contribution in [0, 0.1) is 0 Å². The molecule has 0 amide bonds. The van der Waals surface area contributed by atoms with Gasteiger partial charge in [0.05, 0.1) is 23.0 Å². The van der Waals surface area contributed by atoms with Gasteiger partial charge in [-0.15, -0.1) is 0 Å². The minimum absolute atomic E-state index is 0.198. The van der Waals surface area contributed by atoms with E-state index in [1.54, 1.807) is 18.3 Å². The summed E-state index contributed by atoms with van der Waals surface area (Å²) in [6.07, 6.45) is 2.20. The van der Waals surface area contributed by atoms with E-state index >= 15 is 0 Å². The molecule has 0 aliphatic carbocycles. The van der Waals surface area contributed by atoms with Crippen molar-refractivity contribution in [1.29, 1.82) is 0 Å². The molecule has 2 rings (SSSR count). The molecule has 108 valence electrons. The SMILES string of the molecule is CC(C)n1ncc(Cl)c1C(N)Cc1ccc(Cl)cc1Cl. The first-order valence-electron chi connectivity index (χ1n) is 6.32. The van der Waals surface area contributed by atoms with Crippen LogP contribution in [0.3, 0.4) is 0 Å². The molecule has 1 aromatic heterocycles. The van der Waals surface area contributed by atoms with Gasteiger partial charge in [0.2, 0.25) is 0 Å². The highest BCUT2D eigenvalue weighted by Crippen LogP contribution is 2.29. The minimum Gasteiger partial charge on any atom is -0.322 e. The number of hydrogen-bond acceptors (Lipinski definition) is 2. The van der Waals surface area contributed by atoms with Gasteiger partial charge in [-0.25, -0.2) is 0 Å². The van der Waals surface area contributed by atoms with Crippen molar-refractivity contribution >= 4 is 34.8 Å². The lowest BCUT2D eigenvalue weighted by atomic mass is 10.0. The molecule has 0 aliphatic heterocycles. The highest BCUT2D eigenvalue weighted by molar-refractivity contribution is 6.35. The third-order valence-corrected chi connectivity index (χ3v) is 3.96. The van der Waals surface area contributed by atoms with Crippen LogP contribution in [0.25, 0.3) is 0 Å². The van der Waals surface area contributed by atoms with Crippen LogP contribution in [-0.4, -0.2) is 9.78 Å². The van der Waals surface area contributed by atoms with Gasteiger partial charge in [-0.3, -0.25) is 4.68 Å². The summed E-state index contributed by atoms with van der Waals surface area (Å²) in [5.74, 6) is 0. The first-order chi connectivity index (χ1) is 9.40. The maximum atomic E-state index is 6.28. The normalized spacial score (nSPS) is 12.9. The number of nitrogens with two attached hydrogens (primary N) is 1. The van der Waals surface area contributed by atoms with Crippen molar-refractivity contribution in [1.82, 2.24) is 9.78 Å². The fourth-order valence-electron chi connectivity index (χ4n) is 2.13. The molecule has 2 aromatic rings. The second-order valence-corrected chi connectivity index (χ2v) is 6.21. The molecule has 0 radical (unpaired) electrons. The molecule has 1 atom stereocenters. The van der Waals surface area contributed by atoms with Gasteiger partial charge in [-0.05, 0) is 38.0 Å². The average Bonchev–Trinajstić information content (AvgIpc) is 2.75. The van der Waals surface area contributed by atoms with E-state index in [9.17, 15) is 0 Å². The molecule has 0 spiro atoms. The molecule has 2 N–H and O–H groups in total. The lowest BCUT2D eigenvalue weighted by Gasteiger charge is -2.18. The zero-order valence-electron chi connectivity index (χ0n) is 11.3. The summed E-state index contributed by atoms with van der Waals surface area (Å²) in [5, 5.41) is 6.06. The number of hydrogen-bond donors (Lipinski definition) is 1. The van der Waals surface area contributed by atoms with Crippen molar-refractivity contribution in [2.75, 3.05) is 0 Å². The molecule has 1 heterocycles. The largest absolute Gasteiger partial charge is 0.322 e. The fraction of sp³-hybridized carbons (Fsp3) is 0.357. The first kappa shape index (κ1) is 15.6. The molecule has 0 bridgehead atoms. The van der Waals surface area contributed by atoms with Crippen LogP contribution < -0.4 is 5.73 Å². The Balaban J connectivity index is 2.28. The minimum atomic E-state index is -0.272.